The molecule has 1 heterocycles. The van der Waals surface area contributed by atoms with Gasteiger partial charge in [0, 0.05) is 25.2 Å². The second-order valence-electron chi connectivity index (χ2n) is 4.76. The molecule has 0 unspecified atom stereocenters. The molecule has 0 aliphatic carbocycles. The second kappa shape index (κ2) is 6.38. The molecule has 0 radical (unpaired) electrons. The highest BCUT2D eigenvalue weighted by molar-refractivity contribution is 5.93. The van der Waals surface area contributed by atoms with Gasteiger partial charge >= 0.3 is 12.0 Å². The number of para-hydroxylation sites is 1. The number of hydrogen-bond donors (Lipinski definition) is 3. The van der Waals surface area contributed by atoms with Crippen molar-refractivity contribution in [3.8, 4) is 0 Å². The van der Waals surface area contributed by atoms with Gasteiger partial charge in [0.25, 0.3) is 0 Å². The molecule has 6 nitrogen and oxygen atoms in total. The number of aliphatic carboxylic acids is 1. The van der Waals surface area contributed by atoms with Gasteiger partial charge in [-0.2, -0.15) is 0 Å². The average molecular weight is 278 g/mol. The Balaban J connectivity index is 1.92. The first-order valence-corrected chi connectivity index (χ1v) is 6.63. The summed E-state index contributed by atoms with van der Waals surface area (Å²) in [7, 11) is 0. The second-order valence-corrected chi connectivity index (χ2v) is 4.76. The molecule has 1 atom stereocenters. The predicted molar refractivity (Wildman–Crippen MR) is 73.8 cm³/mol. The van der Waals surface area contributed by atoms with E-state index in [1.807, 2.05) is 24.3 Å². The SMILES string of the molecule is O=C(O)[C@@H](O)CCNC(=O)N1CCCc2ccccc21. The van der Waals surface area contributed by atoms with Gasteiger partial charge in [0.1, 0.15) is 0 Å². The van der Waals surface area contributed by atoms with Crippen LogP contribution >= 0.6 is 0 Å². The maximum absolute atomic E-state index is 12.1. The van der Waals surface area contributed by atoms with Gasteiger partial charge in [0.05, 0.1) is 0 Å². The molecule has 0 saturated heterocycles. The molecule has 1 aromatic carbocycles. The van der Waals surface area contributed by atoms with E-state index < -0.39 is 12.1 Å². The van der Waals surface area contributed by atoms with Crippen LogP contribution in [0.15, 0.2) is 24.3 Å². The minimum Gasteiger partial charge on any atom is -0.479 e. The van der Waals surface area contributed by atoms with E-state index in [9.17, 15) is 9.59 Å². The zero-order chi connectivity index (χ0) is 14.5. The Bertz CT molecular complexity index is 504. The van der Waals surface area contributed by atoms with Gasteiger partial charge in [-0.25, -0.2) is 9.59 Å². The molecule has 1 aliphatic heterocycles. The number of fused-ring (bicyclic) bond motifs is 1. The summed E-state index contributed by atoms with van der Waals surface area (Å²) in [5.74, 6) is -1.28. The third kappa shape index (κ3) is 3.27. The van der Waals surface area contributed by atoms with Crippen molar-refractivity contribution in [1.82, 2.24) is 5.32 Å². The molecule has 0 aromatic heterocycles. The van der Waals surface area contributed by atoms with Gasteiger partial charge in [-0.1, -0.05) is 18.2 Å². The number of carbonyl (C=O) groups is 2. The third-order valence-electron chi connectivity index (χ3n) is 3.33. The van der Waals surface area contributed by atoms with Crippen molar-refractivity contribution in [1.29, 1.82) is 0 Å². The summed E-state index contributed by atoms with van der Waals surface area (Å²) in [5.41, 5.74) is 2.04. The van der Waals surface area contributed by atoms with Crippen LogP contribution in [0.4, 0.5) is 10.5 Å². The molecule has 2 rings (SSSR count). The number of aliphatic hydroxyl groups excluding tert-OH is 1. The lowest BCUT2D eigenvalue weighted by Crippen LogP contribution is -2.43. The van der Waals surface area contributed by atoms with Crippen molar-refractivity contribution in [3.63, 3.8) is 0 Å². The van der Waals surface area contributed by atoms with E-state index in [-0.39, 0.29) is 19.0 Å². The smallest absolute Gasteiger partial charge is 0.332 e. The third-order valence-corrected chi connectivity index (χ3v) is 3.33. The number of urea groups is 1. The average Bonchev–Trinajstić information content (AvgIpc) is 2.46. The lowest BCUT2D eigenvalue weighted by Gasteiger charge is -2.29. The lowest BCUT2D eigenvalue weighted by molar-refractivity contribution is -0.146. The summed E-state index contributed by atoms with van der Waals surface area (Å²) in [5, 5.41) is 20.3. The van der Waals surface area contributed by atoms with Gasteiger partial charge in [-0.15, -0.1) is 0 Å². The topological polar surface area (TPSA) is 89.9 Å². The van der Waals surface area contributed by atoms with E-state index in [0.717, 1.165) is 24.1 Å². The molecule has 0 bridgehead atoms. The molecule has 20 heavy (non-hydrogen) atoms. The number of nitrogens with one attached hydrogen (secondary N) is 1. The van der Waals surface area contributed by atoms with Gasteiger partial charge < -0.3 is 15.5 Å². The Morgan fingerprint density at radius 3 is 2.85 bits per heavy atom. The normalized spacial score (nSPS) is 15.3. The number of carboxylic acids is 1. The molecule has 0 saturated carbocycles. The van der Waals surface area contributed by atoms with Crippen LogP contribution in [-0.4, -0.2) is 41.4 Å². The standard InChI is InChI=1S/C14H18N2O4/c17-12(13(18)19)7-8-15-14(20)16-9-3-5-10-4-1-2-6-11(10)16/h1-2,4,6,12,17H,3,5,7-9H2,(H,15,20)(H,18,19)/t12-/m0/s1. The van der Waals surface area contributed by atoms with Crippen LogP contribution in [0.3, 0.4) is 0 Å². The highest BCUT2D eigenvalue weighted by Crippen LogP contribution is 2.26. The fourth-order valence-corrected chi connectivity index (χ4v) is 2.28. The molecular weight excluding hydrogens is 260 g/mol. The van der Waals surface area contributed by atoms with Crippen LogP contribution in [0, 0.1) is 0 Å². The van der Waals surface area contributed by atoms with Crippen molar-refractivity contribution in [2.24, 2.45) is 0 Å². The van der Waals surface area contributed by atoms with Gasteiger partial charge in [0.2, 0.25) is 0 Å². The first-order valence-electron chi connectivity index (χ1n) is 6.63. The summed E-state index contributed by atoms with van der Waals surface area (Å²) in [4.78, 5) is 24.2. The largest absolute Gasteiger partial charge is 0.479 e. The number of carboxylic acid groups (broad SMARTS) is 1. The molecule has 0 fully saturated rings. The first kappa shape index (κ1) is 14.3. The van der Waals surface area contributed by atoms with Crippen molar-refractivity contribution >= 4 is 17.7 Å². The van der Waals surface area contributed by atoms with Crippen LogP contribution in [-0.2, 0) is 11.2 Å². The predicted octanol–water partition coefficient (Wildman–Crippen LogP) is 0.984. The molecule has 3 N–H and O–H groups in total. The van der Waals surface area contributed by atoms with E-state index in [4.69, 9.17) is 10.2 Å². The molecule has 1 aromatic rings. The highest BCUT2D eigenvalue weighted by atomic mass is 16.4. The fraction of sp³-hybridized carbons (Fsp3) is 0.429. The van der Waals surface area contributed by atoms with Crippen LogP contribution in [0.1, 0.15) is 18.4 Å². The summed E-state index contributed by atoms with van der Waals surface area (Å²) < 4.78 is 0. The van der Waals surface area contributed by atoms with Crippen LogP contribution in [0.5, 0.6) is 0 Å². The van der Waals surface area contributed by atoms with Crippen LogP contribution in [0.2, 0.25) is 0 Å². The summed E-state index contributed by atoms with van der Waals surface area (Å²) in [6.07, 6.45) is 0.417. The van der Waals surface area contributed by atoms with E-state index in [2.05, 4.69) is 5.32 Å². The number of amides is 2. The highest BCUT2D eigenvalue weighted by Gasteiger charge is 2.22. The quantitative estimate of drug-likeness (QED) is 0.766. The fourth-order valence-electron chi connectivity index (χ4n) is 2.28. The van der Waals surface area contributed by atoms with E-state index in [0.29, 0.717) is 6.54 Å². The maximum atomic E-state index is 12.1. The van der Waals surface area contributed by atoms with Gasteiger partial charge in [-0.05, 0) is 24.5 Å². The van der Waals surface area contributed by atoms with Gasteiger partial charge in [0.15, 0.2) is 6.10 Å². The van der Waals surface area contributed by atoms with E-state index >= 15 is 0 Å². The number of rotatable bonds is 4. The number of nitrogens with zero attached hydrogens (tertiary/aromatic N) is 1. The van der Waals surface area contributed by atoms with E-state index in [1.54, 1.807) is 4.90 Å². The van der Waals surface area contributed by atoms with Crippen LogP contribution < -0.4 is 10.2 Å². The minimum atomic E-state index is -1.44. The lowest BCUT2D eigenvalue weighted by atomic mass is 10.0. The Labute approximate surface area is 117 Å². The number of benzene rings is 1. The molecular formula is C14H18N2O4. The summed E-state index contributed by atoms with van der Waals surface area (Å²) in [6.45, 7) is 0.773. The molecule has 6 heteroatoms. The zero-order valence-corrected chi connectivity index (χ0v) is 11.1. The minimum absolute atomic E-state index is 0.00341. The Morgan fingerprint density at radius 1 is 1.35 bits per heavy atom. The Kier molecular flexibility index (Phi) is 4.57. The number of aryl methyl sites for hydroxylation is 1. The molecule has 1 aliphatic rings. The Hall–Kier alpha value is -2.08. The number of aliphatic hydroxyl groups is 1. The summed E-state index contributed by atoms with van der Waals surface area (Å²) in [6, 6.07) is 7.49. The zero-order valence-electron chi connectivity index (χ0n) is 11.1. The number of anilines is 1. The maximum Gasteiger partial charge on any atom is 0.332 e. The van der Waals surface area contributed by atoms with Crippen molar-refractivity contribution in [2.75, 3.05) is 18.0 Å². The summed E-state index contributed by atoms with van der Waals surface area (Å²) >= 11 is 0. The van der Waals surface area contributed by atoms with Crippen molar-refractivity contribution in [2.45, 2.75) is 25.4 Å². The number of hydrogen-bond acceptors (Lipinski definition) is 3. The monoisotopic (exact) mass is 278 g/mol. The first-order chi connectivity index (χ1) is 9.59. The molecule has 2 amide bonds. The number of carbonyl (C=O) groups excluding carboxylic acids is 1. The van der Waals surface area contributed by atoms with Gasteiger partial charge in [-0.3, -0.25) is 4.90 Å². The molecule has 0 spiro atoms. The van der Waals surface area contributed by atoms with Crippen molar-refractivity contribution in [3.05, 3.63) is 29.8 Å². The van der Waals surface area contributed by atoms with Crippen molar-refractivity contribution < 1.29 is 19.8 Å². The van der Waals surface area contributed by atoms with Crippen LogP contribution in [0.25, 0.3) is 0 Å². The Morgan fingerprint density at radius 2 is 2.10 bits per heavy atom. The van der Waals surface area contributed by atoms with E-state index in [1.165, 1.54) is 0 Å². The molecule has 108 valence electrons.